The highest BCUT2D eigenvalue weighted by molar-refractivity contribution is 6.33. The first-order valence-corrected chi connectivity index (χ1v) is 9.57. The molecule has 0 aliphatic carbocycles. The molecular weight excluding hydrogens is 382 g/mol. The van der Waals surface area contributed by atoms with E-state index in [1.165, 1.54) is 0 Å². The van der Waals surface area contributed by atoms with Crippen molar-refractivity contribution in [2.75, 3.05) is 44.8 Å². The van der Waals surface area contributed by atoms with Crippen LogP contribution in [0.15, 0.2) is 36.4 Å². The molecule has 2 aliphatic heterocycles. The van der Waals surface area contributed by atoms with Gasteiger partial charge in [0.2, 0.25) is 12.7 Å². The minimum absolute atomic E-state index is 0.0741. The molecule has 8 heteroatoms. The number of hydrogen-bond acceptors (Lipinski definition) is 6. The summed E-state index contributed by atoms with van der Waals surface area (Å²) in [5, 5.41) is 13.6. The molecule has 2 N–H and O–H groups in total. The fourth-order valence-corrected chi connectivity index (χ4v) is 3.58. The average Bonchev–Trinajstić information content (AvgIpc) is 3.12. The van der Waals surface area contributed by atoms with Gasteiger partial charge in [0.25, 0.3) is 0 Å². The Morgan fingerprint density at radius 2 is 1.75 bits per heavy atom. The summed E-state index contributed by atoms with van der Waals surface area (Å²) in [6, 6.07) is 10.6. The van der Waals surface area contributed by atoms with E-state index in [2.05, 4.69) is 15.1 Å². The second-order valence-corrected chi connectivity index (χ2v) is 7.32. The molecule has 0 aromatic heterocycles. The molecule has 1 saturated heterocycles. The van der Waals surface area contributed by atoms with E-state index in [1.54, 1.807) is 18.2 Å². The molecule has 28 heavy (non-hydrogen) atoms. The summed E-state index contributed by atoms with van der Waals surface area (Å²) in [4.78, 5) is 16.6. The van der Waals surface area contributed by atoms with Gasteiger partial charge in [0, 0.05) is 44.4 Å². The third kappa shape index (κ3) is 4.32. The number of phenolic OH excluding ortho intramolecular Hbond substituents is 1. The molecule has 1 fully saturated rings. The van der Waals surface area contributed by atoms with Crippen LogP contribution in [-0.4, -0.2) is 60.3 Å². The van der Waals surface area contributed by atoms with Crippen LogP contribution in [0.3, 0.4) is 0 Å². The Labute approximate surface area is 168 Å². The maximum Gasteiger partial charge on any atom is 0.238 e. The smallest absolute Gasteiger partial charge is 0.238 e. The summed E-state index contributed by atoms with van der Waals surface area (Å²) < 4.78 is 10.7. The molecule has 2 heterocycles. The molecule has 2 aromatic rings. The first-order valence-electron chi connectivity index (χ1n) is 9.19. The highest BCUT2D eigenvalue weighted by atomic mass is 35.5. The molecule has 7 nitrogen and oxygen atoms in total. The third-order valence-corrected chi connectivity index (χ3v) is 5.28. The van der Waals surface area contributed by atoms with Gasteiger partial charge >= 0.3 is 0 Å². The van der Waals surface area contributed by atoms with Crippen molar-refractivity contribution in [2.45, 2.75) is 6.54 Å². The van der Waals surface area contributed by atoms with E-state index in [-0.39, 0.29) is 18.4 Å². The van der Waals surface area contributed by atoms with Crippen molar-refractivity contribution in [3.05, 3.63) is 47.0 Å². The minimum Gasteiger partial charge on any atom is -0.507 e. The number of amides is 1. The number of anilines is 1. The summed E-state index contributed by atoms with van der Waals surface area (Å²) in [5.41, 5.74) is 1.44. The maximum absolute atomic E-state index is 12.3. The molecule has 2 aliphatic rings. The molecule has 0 unspecified atom stereocenters. The Morgan fingerprint density at radius 3 is 2.50 bits per heavy atom. The van der Waals surface area contributed by atoms with Crippen LogP contribution in [0.1, 0.15) is 5.56 Å². The lowest BCUT2D eigenvalue weighted by molar-refractivity contribution is -0.117. The first-order chi connectivity index (χ1) is 13.6. The SMILES string of the molecule is O=C(CN1CCN(Cc2cc3c(cc2O)OCO3)CC1)Nc1ccccc1Cl. The van der Waals surface area contributed by atoms with E-state index in [1.807, 2.05) is 18.2 Å². The Bertz CT molecular complexity index is 869. The number of fused-ring (bicyclic) bond motifs is 1. The van der Waals surface area contributed by atoms with Gasteiger partial charge < -0.3 is 19.9 Å². The monoisotopic (exact) mass is 403 g/mol. The lowest BCUT2D eigenvalue weighted by Crippen LogP contribution is -2.48. The lowest BCUT2D eigenvalue weighted by atomic mass is 10.1. The molecule has 0 spiro atoms. The van der Waals surface area contributed by atoms with E-state index in [9.17, 15) is 9.90 Å². The van der Waals surface area contributed by atoms with Crippen LogP contribution in [-0.2, 0) is 11.3 Å². The molecule has 0 atom stereocenters. The number of halogens is 1. The number of nitrogens with zero attached hydrogens (tertiary/aromatic N) is 2. The number of aromatic hydroxyl groups is 1. The van der Waals surface area contributed by atoms with Gasteiger partial charge in [-0.05, 0) is 18.2 Å². The molecule has 0 radical (unpaired) electrons. The Kier molecular flexibility index (Phi) is 5.57. The molecular formula is C20H22ClN3O4. The van der Waals surface area contributed by atoms with E-state index >= 15 is 0 Å². The first kappa shape index (κ1) is 18.9. The Balaban J connectivity index is 1.27. The molecule has 148 valence electrons. The summed E-state index contributed by atoms with van der Waals surface area (Å²) in [6.07, 6.45) is 0. The topological polar surface area (TPSA) is 74.3 Å². The summed E-state index contributed by atoms with van der Waals surface area (Å²) in [5.74, 6) is 1.39. The minimum atomic E-state index is -0.0741. The number of nitrogens with one attached hydrogen (secondary N) is 1. The number of ether oxygens (including phenoxy) is 2. The van der Waals surface area contributed by atoms with E-state index in [4.69, 9.17) is 21.1 Å². The van der Waals surface area contributed by atoms with E-state index in [0.717, 1.165) is 31.7 Å². The van der Waals surface area contributed by atoms with Crippen LogP contribution >= 0.6 is 11.6 Å². The van der Waals surface area contributed by atoms with Gasteiger partial charge in [-0.15, -0.1) is 0 Å². The number of benzene rings is 2. The highest BCUT2D eigenvalue weighted by Gasteiger charge is 2.22. The van der Waals surface area contributed by atoms with Crippen molar-refractivity contribution in [3.63, 3.8) is 0 Å². The standard InChI is InChI=1S/C20H22ClN3O4/c21-15-3-1-2-4-16(15)22-20(26)12-24-7-5-23(6-8-24)11-14-9-18-19(10-17(14)25)28-13-27-18/h1-4,9-10,25H,5-8,11-13H2,(H,22,26). The molecule has 2 aromatic carbocycles. The summed E-state index contributed by atoms with van der Waals surface area (Å²) in [6.45, 7) is 4.33. The van der Waals surface area contributed by atoms with Crippen LogP contribution in [0.4, 0.5) is 5.69 Å². The number of carbonyl (C=O) groups is 1. The normalized spacial score (nSPS) is 16.9. The number of phenols is 1. The molecule has 0 saturated carbocycles. The van der Waals surface area contributed by atoms with Crippen molar-refractivity contribution >= 4 is 23.2 Å². The zero-order valence-corrected chi connectivity index (χ0v) is 16.1. The lowest BCUT2D eigenvalue weighted by Gasteiger charge is -2.34. The van der Waals surface area contributed by atoms with Gasteiger partial charge in [0.05, 0.1) is 17.3 Å². The van der Waals surface area contributed by atoms with Gasteiger partial charge in [0.1, 0.15) is 5.75 Å². The Morgan fingerprint density at radius 1 is 1.07 bits per heavy atom. The van der Waals surface area contributed by atoms with Gasteiger partial charge in [-0.3, -0.25) is 14.6 Å². The molecule has 4 rings (SSSR count). The van der Waals surface area contributed by atoms with Gasteiger partial charge in [-0.25, -0.2) is 0 Å². The number of piperazine rings is 1. The van der Waals surface area contributed by atoms with Crippen molar-refractivity contribution in [2.24, 2.45) is 0 Å². The van der Waals surface area contributed by atoms with Gasteiger partial charge in [0.15, 0.2) is 11.5 Å². The van der Waals surface area contributed by atoms with Gasteiger partial charge in [-0.1, -0.05) is 23.7 Å². The van der Waals surface area contributed by atoms with Crippen LogP contribution in [0.25, 0.3) is 0 Å². The summed E-state index contributed by atoms with van der Waals surface area (Å²) >= 11 is 6.08. The number of carbonyl (C=O) groups excluding carboxylic acids is 1. The molecule has 1 amide bonds. The number of para-hydroxylation sites is 1. The number of rotatable bonds is 5. The molecule has 0 bridgehead atoms. The number of hydrogen-bond donors (Lipinski definition) is 2. The van der Waals surface area contributed by atoms with Crippen LogP contribution < -0.4 is 14.8 Å². The second-order valence-electron chi connectivity index (χ2n) is 6.91. The van der Waals surface area contributed by atoms with Crippen molar-refractivity contribution in [1.29, 1.82) is 0 Å². The quantitative estimate of drug-likeness (QED) is 0.799. The van der Waals surface area contributed by atoms with Crippen LogP contribution in [0.2, 0.25) is 5.02 Å². The fraction of sp³-hybridized carbons (Fsp3) is 0.350. The second kappa shape index (κ2) is 8.26. The van der Waals surface area contributed by atoms with E-state index in [0.29, 0.717) is 35.3 Å². The highest BCUT2D eigenvalue weighted by Crippen LogP contribution is 2.38. The largest absolute Gasteiger partial charge is 0.507 e. The predicted octanol–water partition coefficient (Wildman–Crippen LogP) is 2.53. The summed E-state index contributed by atoms with van der Waals surface area (Å²) in [7, 11) is 0. The Hall–Kier alpha value is -2.48. The zero-order valence-electron chi connectivity index (χ0n) is 15.4. The zero-order chi connectivity index (χ0) is 19.5. The average molecular weight is 404 g/mol. The van der Waals surface area contributed by atoms with Crippen molar-refractivity contribution in [3.8, 4) is 17.2 Å². The predicted molar refractivity (Wildman–Crippen MR) is 106 cm³/mol. The third-order valence-electron chi connectivity index (χ3n) is 4.95. The van der Waals surface area contributed by atoms with Gasteiger partial charge in [-0.2, -0.15) is 0 Å². The van der Waals surface area contributed by atoms with Crippen LogP contribution in [0, 0.1) is 0 Å². The van der Waals surface area contributed by atoms with E-state index < -0.39 is 0 Å². The fourth-order valence-electron chi connectivity index (χ4n) is 3.40. The van der Waals surface area contributed by atoms with Crippen LogP contribution in [0.5, 0.6) is 17.2 Å². The maximum atomic E-state index is 12.3. The van der Waals surface area contributed by atoms with Crippen molar-refractivity contribution in [1.82, 2.24) is 9.80 Å². The van der Waals surface area contributed by atoms with Crippen molar-refractivity contribution < 1.29 is 19.4 Å².